The van der Waals surface area contributed by atoms with E-state index in [0.29, 0.717) is 33.6 Å². The summed E-state index contributed by atoms with van der Waals surface area (Å²) in [6, 6.07) is 7.34. The summed E-state index contributed by atoms with van der Waals surface area (Å²) in [6.45, 7) is 6.24. The van der Waals surface area contributed by atoms with Gasteiger partial charge in [0.05, 0.1) is 4.91 Å². The first-order chi connectivity index (χ1) is 11.7. The largest absolute Gasteiger partial charge is 0.352 e. The van der Waals surface area contributed by atoms with Crippen molar-refractivity contribution in [3.63, 3.8) is 0 Å². The first-order valence-corrected chi connectivity index (χ1v) is 9.58. The van der Waals surface area contributed by atoms with Crippen LogP contribution in [0.3, 0.4) is 0 Å². The molecule has 2 amide bonds. The maximum atomic E-state index is 12.5. The Kier molecular flexibility index (Phi) is 6.65. The molecule has 1 heterocycles. The summed E-state index contributed by atoms with van der Waals surface area (Å²) in [6.07, 6.45) is 2.68. The molecule has 0 bridgehead atoms. The molecule has 0 unspecified atom stereocenters. The molecule has 1 N–H and O–H groups in total. The van der Waals surface area contributed by atoms with E-state index in [9.17, 15) is 9.59 Å². The van der Waals surface area contributed by atoms with Gasteiger partial charge in [-0.25, -0.2) is 0 Å². The number of thiocarbonyl (C=S) groups is 1. The normalized spacial score (nSPS) is 16.6. The van der Waals surface area contributed by atoms with Crippen LogP contribution < -0.4 is 5.32 Å². The molecule has 2 rings (SSSR count). The molecule has 7 heteroatoms. The minimum absolute atomic E-state index is 0.0236. The third-order valence-corrected chi connectivity index (χ3v) is 5.09. The van der Waals surface area contributed by atoms with Crippen molar-refractivity contribution in [2.45, 2.75) is 39.2 Å². The summed E-state index contributed by atoms with van der Waals surface area (Å²) in [4.78, 5) is 26.5. The summed E-state index contributed by atoms with van der Waals surface area (Å²) < 4.78 is 0.513. The Morgan fingerprint density at radius 2 is 2.04 bits per heavy atom. The lowest BCUT2D eigenvalue weighted by Crippen LogP contribution is -2.40. The van der Waals surface area contributed by atoms with Crippen LogP contribution in [0.25, 0.3) is 6.08 Å². The molecule has 0 aromatic heterocycles. The topological polar surface area (TPSA) is 49.4 Å². The van der Waals surface area contributed by atoms with Crippen molar-refractivity contribution < 1.29 is 9.59 Å². The van der Waals surface area contributed by atoms with Crippen LogP contribution >= 0.6 is 35.6 Å². The molecule has 4 nitrogen and oxygen atoms in total. The number of carbonyl (C=O) groups excluding carboxylic acids is 2. The van der Waals surface area contributed by atoms with Crippen LogP contribution in [0, 0.1) is 0 Å². The molecule has 0 saturated carbocycles. The number of thioether (sulfide) groups is 1. The van der Waals surface area contributed by atoms with Gasteiger partial charge >= 0.3 is 0 Å². The third kappa shape index (κ3) is 5.83. The fourth-order valence-electron chi connectivity index (χ4n) is 2.30. The Morgan fingerprint density at radius 3 is 2.68 bits per heavy atom. The van der Waals surface area contributed by atoms with E-state index >= 15 is 0 Å². The lowest BCUT2D eigenvalue weighted by Gasteiger charge is -2.21. The first kappa shape index (κ1) is 19.9. The van der Waals surface area contributed by atoms with Crippen molar-refractivity contribution in [1.29, 1.82) is 0 Å². The second-order valence-electron chi connectivity index (χ2n) is 6.76. The highest BCUT2D eigenvalue weighted by Gasteiger charge is 2.31. The molecule has 1 aromatic carbocycles. The number of halogens is 1. The predicted molar refractivity (Wildman–Crippen MR) is 108 cm³/mol. The maximum absolute atomic E-state index is 12.5. The molecule has 1 aliphatic rings. The van der Waals surface area contributed by atoms with E-state index in [0.717, 1.165) is 5.56 Å². The summed E-state index contributed by atoms with van der Waals surface area (Å²) in [5.41, 5.74) is 0.533. The number of hydrogen-bond acceptors (Lipinski definition) is 4. The third-order valence-electron chi connectivity index (χ3n) is 3.37. The highest BCUT2D eigenvalue weighted by molar-refractivity contribution is 8.26. The van der Waals surface area contributed by atoms with E-state index in [2.05, 4.69) is 5.32 Å². The van der Waals surface area contributed by atoms with Gasteiger partial charge in [-0.05, 0) is 44.9 Å². The fourth-order valence-corrected chi connectivity index (χ4v) is 3.79. The van der Waals surface area contributed by atoms with Crippen LogP contribution in [-0.4, -0.2) is 33.1 Å². The van der Waals surface area contributed by atoms with Gasteiger partial charge in [0.15, 0.2) is 0 Å². The van der Waals surface area contributed by atoms with Gasteiger partial charge in [-0.15, -0.1) is 0 Å². The van der Waals surface area contributed by atoms with Crippen molar-refractivity contribution in [3.05, 3.63) is 39.8 Å². The van der Waals surface area contributed by atoms with Gasteiger partial charge in [0.2, 0.25) is 5.91 Å². The maximum Gasteiger partial charge on any atom is 0.266 e. The molecule has 1 aromatic rings. The standard InChI is InChI=1S/C18H21ClN2O2S2/c1-18(2,3)20-15(22)9-6-10-21-16(23)14(25-17(21)24)11-12-7-4-5-8-13(12)19/h4-5,7-8,11H,6,9-10H2,1-3H3,(H,20,22)/b14-11-. The number of carbonyl (C=O) groups is 2. The Morgan fingerprint density at radius 1 is 1.36 bits per heavy atom. The molecule has 1 fully saturated rings. The van der Waals surface area contributed by atoms with Crippen molar-refractivity contribution >= 4 is 57.8 Å². The van der Waals surface area contributed by atoms with Crippen LogP contribution in [0.15, 0.2) is 29.2 Å². The van der Waals surface area contributed by atoms with E-state index in [4.69, 9.17) is 23.8 Å². The predicted octanol–water partition coefficient (Wildman–Crippen LogP) is 4.24. The van der Waals surface area contributed by atoms with Gasteiger partial charge < -0.3 is 5.32 Å². The lowest BCUT2D eigenvalue weighted by atomic mass is 10.1. The minimum Gasteiger partial charge on any atom is -0.352 e. The number of hydrogen-bond donors (Lipinski definition) is 1. The molecule has 1 aliphatic heterocycles. The van der Waals surface area contributed by atoms with E-state index in [1.807, 2.05) is 39.0 Å². The molecular weight excluding hydrogens is 376 g/mol. The van der Waals surface area contributed by atoms with Crippen molar-refractivity contribution in [1.82, 2.24) is 10.2 Å². The second-order valence-corrected chi connectivity index (χ2v) is 8.84. The van der Waals surface area contributed by atoms with E-state index in [1.54, 1.807) is 17.0 Å². The second kappa shape index (κ2) is 8.34. The van der Waals surface area contributed by atoms with Gasteiger partial charge in [-0.3, -0.25) is 14.5 Å². The minimum atomic E-state index is -0.253. The Bertz CT molecular complexity index is 726. The summed E-state index contributed by atoms with van der Waals surface area (Å²) >= 11 is 12.7. The van der Waals surface area contributed by atoms with Gasteiger partial charge in [0.1, 0.15) is 4.32 Å². The Labute approximate surface area is 163 Å². The molecule has 1 saturated heterocycles. The van der Waals surface area contributed by atoms with Gasteiger partial charge in [-0.2, -0.15) is 0 Å². The smallest absolute Gasteiger partial charge is 0.266 e. The van der Waals surface area contributed by atoms with E-state index in [1.165, 1.54) is 11.8 Å². The van der Waals surface area contributed by atoms with Crippen molar-refractivity contribution in [2.24, 2.45) is 0 Å². The van der Waals surface area contributed by atoms with Crippen LogP contribution in [0.4, 0.5) is 0 Å². The lowest BCUT2D eigenvalue weighted by molar-refractivity contribution is -0.124. The quantitative estimate of drug-likeness (QED) is 0.597. The van der Waals surface area contributed by atoms with Crippen LogP contribution in [0.5, 0.6) is 0 Å². The van der Waals surface area contributed by atoms with Gasteiger partial charge in [-0.1, -0.05) is 53.8 Å². The highest BCUT2D eigenvalue weighted by Crippen LogP contribution is 2.33. The molecule has 25 heavy (non-hydrogen) atoms. The average molecular weight is 397 g/mol. The zero-order valence-corrected chi connectivity index (χ0v) is 16.9. The number of benzene rings is 1. The Hall–Kier alpha value is -1.37. The first-order valence-electron chi connectivity index (χ1n) is 7.98. The monoisotopic (exact) mass is 396 g/mol. The molecule has 0 radical (unpaired) electrons. The van der Waals surface area contributed by atoms with Crippen molar-refractivity contribution in [3.8, 4) is 0 Å². The zero-order valence-electron chi connectivity index (χ0n) is 14.5. The molecular formula is C18H21ClN2O2S2. The van der Waals surface area contributed by atoms with Gasteiger partial charge in [0, 0.05) is 23.5 Å². The van der Waals surface area contributed by atoms with E-state index < -0.39 is 0 Å². The highest BCUT2D eigenvalue weighted by atomic mass is 35.5. The Balaban J connectivity index is 1.95. The number of rotatable bonds is 5. The summed E-state index contributed by atoms with van der Waals surface area (Å²) in [5, 5.41) is 3.50. The van der Waals surface area contributed by atoms with Crippen LogP contribution in [0.1, 0.15) is 39.2 Å². The summed E-state index contributed by atoms with van der Waals surface area (Å²) in [5.74, 6) is -0.157. The van der Waals surface area contributed by atoms with Crippen molar-refractivity contribution in [2.75, 3.05) is 6.54 Å². The number of nitrogens with one attached hydrogen (secondary N) is 1. The number of amides is 2. The van der Waals surface area contributed by atoms with Crippen LogP contribution in [0.2, 0.25) is 5.02 Å². The fraction of sp³-hybridized carbons (Fsp3) is 0.389. The van der Waals surface area contributed by atoms with Crippen LogP contribution in [-0.2, 0) is 9.59 Å². The molecule has 0 spiro atoms. The average Bonchev–Trinajstić information content (AvgIpc) is 2.75. The molecule has 0 atom stereocenters. The van der Waals surface area contributed by atoms with Gasteiger partial charge in [0.25, 0.3) is 5.91 Å². The van der Waals surface area contributed by atoms with E-state index in [-0.39, 0.29) is 17.4 Å². The molecule has 0 aliphatic carbocycles. The molecule has 134 valence electrons. The number of nitrogens with zero attached hydrogens (tertiary/aromatic N) is 1. The summed E-state index contributed by atoms with van der Waals surface area (Å²) in [7, 11) is 0. The zero-order chi connectivity index (χ0) is 18.6. The SMILES string of the molecule is CC(C)(C)NC(=O)CCCN1C(=O)/C(=C/c2ccccc2Cl)SC1=S.